The van der Waals surface area contributed by atoms with Gasteiger partial charge in [0.05, 0.1) is 9.20 Å². The first-order valence-electron chi connectivity index (χ1n) is 4.39. The molecule has 0 bridgehead atoms. The molecule has 0 aliphatic heterocycles. The van der Waals surface area contributed by atoms with Gasteiger partial charge < -0.3 is 4.57 Å². The highest BCUT2D eigenvalue weighted by Crippen LogP contribution is 2.04. The molecule has 10 heavy (non-hydrogen) atoms. The highest BCUT2D eigenvalue weighted by molar-refractivity contribution is 6.87. The van der Waals surface area contributed by atoms with Crippen molar-refractivity contribution in [2.24, 2.45) is 0 Å². The van der Waals surface area contributed by atoms with Crippen LogP contribution in [0.25, 0.3) is 0 Å². The molecule has 3 heteroatoms. The largest absolute Gasteiger partial charge is 0.328 e. The monoisotopic (exact) mass is 175 g/mol. The minimum absolute atomic E-state index is 0.194. The second-order valence-electron chi connectivity index (χ2n) is 3.18. The van der Waals surface area contributed by atoms with E-state index < -0.39 is 0 Å². The van der Waals surface area contributed by atoms with E-state index in [1.54, 1.807) is 0 Å². The zero-order valence-corrected chi connectivity index (χ0v) is 11.4. The van der Waals surface area contributed by atoms with Gasteiger partial charge in [-0.15, -0.1) is 0 Å². The van der Waals surface area contributed by atoms with Gasteiger partial charge in [0.25, 0.3) is 0 Å². The Labute approximate surface area is 70.3 Å². The highest BCUT2D eigenvalue weighted by Gasteiger charge is 2.11. The normalized spacial score (nSPS) is 16.2. The van der Waals surface area contributed by atoms with Crippen LogP contribution in [-0.2, 0) is 0 Å². The van der Waals surface area contributed by atoms with E-state index >= 15 is 0 Å². The van der Waals surface area contributed by atoms with Gasteiger partial charge in [0.15, 0.2) is 0 Å². The predicted molar refractivity (Wildman–Crippen MR) is 55.2 cm³/mol. The first kappa shape index (κ1) is 10.4. The van der Waals surface area contributed by atoms with E-state index in [9.17, 15) is 0 Å². The van der Waals surface area contributed by atoms with Gasteiger partial charge in [0.1, 0.15) is 0 Å². The molecule has 0 amide bonds. The maximum atomic E-state index is 2.71. The Morgan fingerprint density at radius 3 is 2.00 bits per heavy atom. The van der Waals surface area contributed by atoms with Crippen LogP contribution in [0.4, 0.5) is 0 Å². The van der Waals surface area contributed by atoms with Crippen molar-refractivity contribution in [3.63, 3.8) is 0 Å². The fourth-order valence-electron chi connectivity index (χ4n) is 1.42. The lowest BCUT2D eigenvalue weighted by Gasteiger charge is -2.31. The van der Waals surface area contributed by atoms with Gasteiger partial charge in [0, 0.05) is 9.76 Å². The van der Waals surface area contributed by atoms with Gasteiger partial charge in [-0.2, -0.15) is 0 Å². The lowest BCUT2D eigenvalue weighted by atomic mass is 10.2. The van der Waals surface area contributed by atoms with Crippen molar-refractivity contribution in [2.45, 2.75) is 46.2 Å². The van der Waals surface area contributed by atoms with E-state index in [-0.39, 0.29) is 9.20 Å². The van der Waals surface area contributed by atoms with E-state index in [1.165, 1.54) is 16.2 Å². The minimum atomic E-state index is 0.194. The van der Waals surface area contributed by atoms with Crippen LogP contribution in [0.2, 0.25) is 0 Å². The molecule has 0 fully saturated rings. The van der Waals surface area contributed by atoms with Crippen LogP contribution >= 0.6 is 0 Å². The van der Waals surface area contributed by atoms with Crippen molar-refractivity contribution in [1.82, 2.24) is 4.57 Å². The summed E-state index contributed by atoms with van der Waals surface area (Å²) < 4.78 is 2.71. The summed E-state index contributed by atoms with van der Waals surface area (Å²) in [4.78, 5) is 0. The Bertz CT molecular complexity index is 85.7. The fourth-order valence-corrected chi connectivity index (χ4v) is 7.09. The Morgan fingerprint density at radius 2 is 1.90 bits per heavy atom. The molecule has 62 valence electrons. The Hall–Kier alpha value is 0.394. The molecule has 0 heterocycles. The maximum absolute atomic E-state index is 2.71. The third kappa shape index (κ3) is 2.99. The van der Waals surface area contributed by atoms with Crippen molar-refractivity contribution in [2.75, 3.05) is 0 Å². The molecular formula is C7H21NSi2. The third-order valence-corrected chi connectivity index (χ3v) is 6.46. The van der Waals surface area contributed by atoms with Crippen LogP contribution in [-0.4, -0.2) is 35.6 Å². The number of rotatable bonds is 4. The zero-order valence-electron chi connectivity index (χ0n) is 8.02. The van der Waals surface area contributed by atoms with Crippen molar-refractivity contribution in [1.29, 1.82) is 0 Å². The summed E-state index contributed by atoms with van der Waals surface area (Å²) in [7, 11) is 1.63. The van der Waals surface area contributed by atoms with Crippen molar-refractivity contribution >= 4 is 19.0 Å². The molecule has 0 rings (SSSR count). The Morgan fingerprint density at radius 1 is 1.40 bits per heavy atom. The van der Waals surface area contributed by atoms with E-state index in [0.717, 1.165) is 12.1 Å². The van der Waals surface area contributed by atoms with E-state index in [2.05, 4.69) is 32.3 Å². The molecule has 0 saturated heterocycles. The Kier molecular flexibility index (Phi) is 5.30. The van der Waals surface area contributed by atoms with Crippen LogP contribution in [0.1, 0.15) is 34.1 Å². The van der Waals surface area contributed by atoms with Gasteiger partial charge in [-0.1, -0.05) is 27.7 Å². The molecule has 1 nitrogen and oxygen atoms in total. The SMILES string of the molecule is CCC(C)N([SiH2][SiH3])C(C)C. The minimum Gasteiger partial charge on any atom is -0.328 e. The quantitative estimate of drug-likeness (QED) is 0.538. The molecular weight excluding hydrogens is 154 g/mol. The van der Waals surface area contributed by atoms with Crippen LogP contribution < -0.4 is 0 Å². The summed E-state index contributed by atoms with van der Waals surface area (Å²) in [6.45, 7) is 9.27. The van der Waals surface area contributed by atoms with E-state index in [4.69, 9.17) is 0 Å². The van der Waals surface area contributed by atoms with Gasteiger partial charge in [-0.25, -0.2) is 0 Å². The first-order chi connectivity index (χ1) is 4.63. The highest BCUT2D eigenvalue weighted by atomic mass is 29.1. The summed E-state index contributed by atoms with van der Waals surface area (Å²) in [5.74, 6) is 0. The number of hydrogen-bond donors (Lipinski definition) is 0. The third-order valence-electron chi connectivity index (χ3n) is 2.19. The molecule has 0 aliphatic carbocycles. The zero-order chi connectivity index (χ0) is 8.15. The fraction of sp³-hybridized carbons (Fsp3) is 1.00. The van der Waals surface area contributed by atoms with Crippen LogP contribution in [0.5, 0.6) is 0 Å². The number of nitrogens with zero attached hydrogens (tertiary/aromatic N) is 1. The average molecular weight is 175 g/mol. The molecule has 0 aromatic carbocycles. The standard InChI is InChI=1S/C7H21NSi2/c1-5-7(4)8(10-9)6(2)3/h6-7H,5,10H2,1-4,9H3. The van der Waals surface area contributed by atoms with Gasteiger partial charge in [0.2, 0.25) is 0 Å². The molecule has 0 spiro atoms. The summed E-state index contributed by atoms with van der Waals surface area (Å²) in [5.41, 5.74) is 0. The topological polar surface area (TPSA) is 3.24 Å². The van der Waals surface area contributed by atoms with Gasteiger partial charge in [-0.3, -0.25) is 0 Å². The van der Waals surface area contributed by atoms with Crippen molar-refractivity contribution in [3.05, 3.63) is 0 Å². The van der Waals surface area contributed by atoms with Crippen LogP contribution in [0, 0.1) is 0 Å². The molecule has 0 radical (unpaired) electrons. The van der Waals surface area contributed by atoms with Gasteiger partial charge >= 0.3 is 0 Å². The number of hydrogen-bond acceptors (Lipinski definition) is 1. The Balaban J connectivity index is 3.80. The summed E-state index contributed by atoms with van der Waals surface area (Å²) in [5, 5.41) is 0. The van der Waals surface area contributed by atoms with Crippen molar-refractivity contribution < 1.29 is 0 Å². The van der Waals surface area contributed by atoms with Crippen molar-refractivity contribution in [3.8, 4) is 0 Å². The summed E-state index contributed by atoms with van der Waals surface area (Å²) in [6.07, 6.45) is 1.31. The summed E-state index contributed by atoms with van der Waals surface area (Å²) in [6, 6.07) is 1.63. The first-order valence-corrected chi connectivity index (χ1v) is 10.7. The summed E-state index contributed by atoms with van der Waals surface area (Å²) >= 11 is 0. The van der Waals surface area contributed by atoms with Crippen LogP contribution in [0.15, 0.2) is 0 Å². The molecule has 0 aromatic heterocycles. The lowest BCUT2D eigenvalue weighted by Crippen LogP contribution is -2.41. The van der Waals surface area contributed by atoms with Crippen LogP contribution in [0.3, 0.4) is 0 Å². The lowest BCUT2D eigenvalue weighted by molar-refractivity contribution is 0.294. The second-order valence-corrected chi connectivity index (χ2v) is 6.44. The molecule has 0 N–H and O–H groups in total. The smallest absolute Gasteiger partial charge is 0.0762 e. The maximum Gasteiger partial charge on any atom is 0.0762 e. The van der Waals surface area contributed by atoms with E-state index in [0.29, 0.717) is 0 Å². The molecule has 0 aliphatic rings. The second kappa shape index (κ2) is 5.10. The molecule has 1 unspecified atom stereocenters. The molecule has 1 atom stereocenters. The van der Waals surface area contributed by atoms with Gasteiger partial charge in [-0.05, 0) is 18.5 Å². The van der Waals surface area contributed by atoms with E-state index in [1.807, 2.05) is 0 Å². The predicted octanol–water partition coefficient (Wildman–Crippen LogP) is -0.141. The average Bonchev–Trinajstić information content (AvgIpc) is 1.88. The molecule has 0 aromatic rings. The molecule has 0 saturated carbocycles.